The number of thioether (sulfide) groups is 1. The van der Waals surface area contributed by atoms with E-state index in [0.29, 0.717) is 17.5 Å². The Kier molecular flexibility index (Phi) is 5.85. The molecule has 0 radical (unpaired) electrons. The second-order valence-electron chi connectivity index (χ2n) is 6.63. The van der Waals surface area contributed by atoms with Crippen LogP contribution in [-0.2, 0) is 11.3 Å². The number of nitrogens with one attached hydrogen (secondary N) is 1. The van der Waals surface area contributed by atoms with Crippen molar-refractivity contribution in [3.05, 3.63) is 78.8 Å². The number of anilines is 1. The van der Waals surface area contributed by atoms with E-state index >= 15 is 0 Å². The van der Waals surface area contributed by atoms with Crippen LogP contribution in [0.3, 0.4) is 0 Å². The first-order chi connectivity index (χ1) is 14.6. The highest BCUT2D eigenvalue weighted by molar-refractivity contribution is 8.00. The van der Waals surface area contributed by atoms with Crippen LogP contribution in [0.1, 0.15) is 12.7 Å². The fourth-order valence-electron chi connectivity index (χ4n) is 2.88. The number of phenolic OH excluding ortho intramolecular Hbond substituents is 1. The first-order valence-corrected chi connectivity index (χ1v) is 10.3. The molecule has 0 saturated heterocycles. The Balaban J connectivity index is 1.58. The van der Waals surface area contributed by atoms with E-state index in [0.717, 1.165) is 17.0 Å². The third-order valence-corrected chi connectivity index (χ3v) is 5.51. The van der Waals surface area contributed by atoms with Crippen LogP contribution in [0.15, 0.2) is 82.6 Å². The lowest BCUT2D eigenvalue weighted by Gasteiger charge is -2.13. The summed E-state index contributed by atoms with van der Waals surface area (Å²) in [5.41, 5.74) is 1.55. The molecule has 8 heteroatoms. The SMILES string of the molecule is CC(Sc1nnc(-c2ccc(O)cc2)n1Cc1ccco1)C(=O)Nc1ccccc1. The van der Waals surface area contributed by atoms with Crippen LogP contribution >= 0.6 is 11.8 Å². The van der Waals surface area contributed by atoms with E-state index < -0.39 is 5.25 Å². The largest absolute Gasteiger partial charge is 0.508 e. The number of hydrogen-bond acceptors (Lipinski definition) is 6. The lowest BCUT2D eigenvalue weighted by Crippen LogP contribution is -2.23. The fraction of sp³-hybridized carbons (Fsp3) is 0.136. The predicted octanol–water partition coefficient (Wildman–Crippen LogP) is 4.41. The number of nitrogens with zero attached hydrogens (tertiary/aromatic N) is 3. The predicted molar refractivity (Wildman–Crippen MR) is 115 cm³/mol. The molecular weight excluding hydrogens is 400 g/mol. The lowest BCUT2D eigenvalue weighted by molar-refractivity contribution is -0.115. The topological polar surface area (TPSA) is 93.2 Å². The second-order valence-corrected chi connectivity index (χ2v) is 7.94. The number of aromatic hydroxyl groups is 1. The quantitative estimate of drug-likeness (QED) is 0.430. The van der Waals surface area contributed by atoms with Crippen LogP contribution in [0.25, 0.3) is 11.4 Å². The number of para-hydroxylation sites is 1. The maximum atomic E-state index is 12.6. The standard InChI is InChI=1S/C22H20N4O3S/c1-15(21(28)23-17-6-3-2-4-7-17)30-22-25-24-20(16-9-11-18(27)12-10-16)26(22)14-19-8-5-13-29-19/h2-13,15,27H,14H2,1H3,(H,23,28). The minimum Gasteiger partial charge on any atom is -0.508 e. The second kappa shape index (κ2) is 8.87. The first-order valence-electron chi connectivity index (χ1n) is 9.38. The Morgan fingerprint density at radius 3 is 2.57 bits per heavy atom. The number of aromatic nitrogens is 3. The van der Waals surface area contributed by atoms with Gasteiger partial charge in [-0.15, -0.1) is 10.2 Å². The number of rotatable bonds is 7. The van der Waals surface area contributed by atoms with Gasteiger partial charge in [0.1, 0.15) is 11.5 Å². The molecule has 0 bridgehead atoms. The monoisotopic (exact) mass is 420 g/mol. The van der Waals surface area contributed by atoms with Crippen LogP contribution in [-0.4, -0.2) is 31.0 Å². The fourth-order valence-corrected chi connectivity index (χ4v) is 3.73. The van der Waals surface area contributed by atoms with E-state index in [9.17, 15) is 9.90 Å². The molecule has 7 nitrogen and oxygen atoms in total. The Hall–Kier alpha value is -3.52. The van der Waals surface area contributed by atoms with Gasteiger partial charge in [0.15, 0.2) is 11.0 Å². The van der Waals surface area contributed by atoms with Crippen molar-refractivity contribution in [2.45, 2.75) is 23.9 Å². The van der Waals surface area contributed by atoms with Gasteiger partial charge in [-0.3, -0.25) is 9.36 Å². The molecule has 2 aromatic heterocycles. The summed E-state index contributed by atoms with van der Waals surface area (Å²) in [5, 5.41) is 21.3. The molecule has 0 saturated carbocycles. The van der Waals surface area contributed by atoms with Gasteiger partial charge >= 0.3 is 0 Å². The van der Waals surface area contributed by atoms with Crippen molar-refractivity contribution in [2.24, 2.45) is 0 Å². The summed E-state index contributed by atoms with van der Waals surface area (Å²) in [6.07, 6.45) is 1.61. The molecule has 4 aromatic rings. The van der Waals surface area contributed by atoms with Gasteiger partial charge in [-0.05, 0) is 55.5 Å². The highest BCUT2D eigenvalue weighted by Crippen LogP contribution is 2.29. The lowest BCUT2D eigenvalue weighted by atomic mass is 10.2. The number of carbonyl (C=O) groups excluding carboxylic acids is 1. The zero-order chi connectivity index (χ0) is 20.9. The Morgan fingerprint density at radius 2 is 1.87 bits per heavy atom. The Labute approximate surface area is 177 Å². The summed E-state index contributed by atoms with van der Waals surface area (Å²) in [6.45, 7) is 2.25. The average molecular weight is 420 g/mol. The van der Waals surface area contributed by atoms with Gasteiger partial charge < -0.3 is 14.8 Å². The minimum absolute atomic E-state index is 0.120. The summed E-state index contributed by atoms with van der Waals surface area (Å²) in [4.78, 5) is 12.6. The molecule has 0 spiro atoms. The van der Waals surface area contributed by atoms with Crippen molar-refractivity contribution < 1.29 is 14.3 Å². The molecule has 0 aliphatic carbocycles. The summed E-state index contributed by atoms with van der Waals surface area (Å²) >= 11 is 1.32. The molecule has 0 aliphatic rings. The van der Waals surface area contributed by atoms with Crippen molar-refractivity contribution in [3.8, 4) is 17.1 Å². The average Bonchev–Trinajstić information content (AvgIpc) is 3.40. The highest BCUT2D eigenvalue weighted by atomic mass is 32.2. The maximum Gasteiger partial charge on any atom is 0.237 e. The van der Waals surface area contributed by atoms with Crippen molar-refractivity contribution in [3.63, 3.8) is 0 Å². The smallest absolute Gasteiger partial charge is 0.237 e. The molecule has 0 fully saturated rings. The van der Waals surface area contributed by atoms with Gasteiger partial charge in [-0.25, -0.2) is 0 Å². The van der Waals surface area contributed by atoms with Gasteiger partial charge in [0.05, 0.1) is 18.1 Å². The molecule has 4 rings (SSSR count). The van der Waals surface area contributed by atoms with E-state index in [1.807, 2.05) is 54.0 Å². The van der Waals surface area contributed by atoms with E-state index in [2.05, 4.69) is 15.5 Å². The molecule has 1 atom stereocenters. The summed E-state index contributed by atoms with van der Waals surface area (Å²) < 4.78 is 7.40. The third-order valence-electron chi connectivity index (χ3n) is 4.43. The molecule has 2 heterocycles. The number of carbonyl (C=O) groups is 1. The van der Waals surface area contributed by atoms with Gasteiger partial charge in [0, 0.05) is 11.3 Å². The zero-order valence-electron chi connectivity index (χ0n) is 16.2. The van der Waals surface area contributed by atoms with Crippen LogP contribution < -0.4 is 5.32 Å². The number of phenols is 1. The van der Waals surface area contributed by atoms with Crippen LogP contribution in [0.5, 0.6) is 5.75 Å². The van der Waals surface area contributed by atoms with Gasteiger partial charge in [-0.2, -0.15) is 0 Å². The van der Waals surface area contributed by atoms with Gasteiger partial charge in [0.2, 0.25) is 5.91 Å². The molecule has 1 amide bonds. The van der Waals surface area contributed by atoms with E-state index in [-0.39, 0.29) is 11.7 Å². The van der Waals surface area contributed by atoms with E-state index in [1.165, 1.54) is 11.8 Å². The molecule has 2 aromatic carbocycles. The Bertz CT molecular complexity index is 1110. The van der Waals surface area contributed by atoms with E-state index in [4.69, 9.17) is 4.42 Å². The number of benzene rings is 2. The summed E-state index contributed by atoms with van der Waals surface area (Å²) in [6, 6.07) is 19.8. The molecule has 30 heavy (non-hydrogen) atoms. The van der Waals surface area contributed by atoms with Crippen molar-refractivity contribution in [2.75, 3.05) is 5.32 Å². The number of furan rings is 1. The molecule has 0 aliphatic heterocycles. The molecule has 1 unspecified atom stereocenters. The molecule has 2 N–H and O–H groups in total. The maximum absolute atomic E-state index is 12.6. The van der Waals surface area contributed by atoms with Crippen LogP contribution in [0.2, 0.25) is 0 Å². The zero-order valence-corrected chi connectivity index (χ0v) is 17.0. The van der Waals surface area contributed by atoms with Crippen molar-refractivity contribution >= 4 is 23.4 Å². The van der Waals surface area contributed by atoms with Gasteiger partial charge in [0.25, 0.3) is 0 Å². The van der Waals surface area contributed by atoms with Crippen molar-refractivity contribution in [1.82, 2.24) is 14.8 Å². The Morgan fingerprint density at radius 1 is 1.10 bits per heavy atom. The third kappa shape index (κ3) is 4.55. The number of amides is 1. The summed E-state index contributed by atoms with van der Waals surface area (Å²) in [7, 11) is 0. The first kappa shape index (κ1) is 19.8. The van der Waals surface area contributed by atoms with Crippen molar-refractivity contribution in [1.29, 1.82) is 0 Å². The van der Waals surface area contributed by atoms with Crippen LogP contribution in [0, 0.1) is 0 Å². The minimum atomic E-state index is -0.391. The molecular formula is C22H20N4O3S. The van der Waals surface area contributed by atoms with E-state index in [1.54, 1.807) is 30.5 Å². The number of hydrogen-bond donors (Lipinski definition) is 2. The van der Waals surface area contributed by atoms with Crippen LogP contribution in [0.4, 0.5) is 5.69 Å². The summed E-state index contributed by atoms with van der Waals surface area (Å²) in [5.74, 6) is 1.43. The molecule has 152 valence electrons. The van der Waals surface area contributed by atoms with Gasteiger partial charge in [-0.1, -0.05) is 30.0 Å². The normalized spacial score (nSPS) is 11.9. The highest BCUT2D eigenvalue weighted by Gasteiger charge is 2.21.